The Kier molecular flexibility index (Phi) is 10.7. The summed E-state index contributed by atoms with van der Waals surface area (Å²) in [6.07, 6.45) is 7.11. The van der Waals surface area contributed by atoms with E-state index in [4.69, 9.17) is 22.3 Å². The van der Waals surface area contributed by atoms with Crippen LogP contribution in [-0.2, 0) is 23.8 Å². The van der Waals surface area contributed by atoms with Gasteiger partial charge >= 0.3 is 20.0 Å². The SMILES string of the molecule is [B]OC(=O)C1CCC(C(=O)Oc2ccc(OCCCCCCOC(=O)C=C)cc2)CC1. The molecule has 8 heteroatoms. The smallest absolute Gasteiger partial charge is 0.378 e. The van der Waals surface area contributed by atoms with E-state index in [1.165, 1.54) is 0 Å². The lowest BCUT2D eigenvalue weighted by molar-refractivity contribution is -0.145. The maximum Gasteiger partial charge on any atom is 0.378 e. The van der Waals surface area contributed by atoms with Crippen LogP contribution in [-0.4, -0.2) is 39.2 Å². The van der Waals surface area contributed by atoms with E-state index in [1.807, 2.05) is 0 Å². The molecule has 1 saturated carbocycles. The molecule has 1 aromatic rings. The summed E-state index contributed by atoms with van der Waals surface area (Å²) in [6.45, 7) is 4.34. The van der Waals surface area contributed by atoms with E-state index in [9.17, 15) is 14.4 Å². The van der Waals surface area contributed by atoms with Crippen molar-refractivity contribution in [2.75, 3.05) is 13.2 Å². The highest BCUT2D eigenvalue weighted by atomic mass is 16.5. The molecule has 166 valence electrons. The van der Waals surface area contributed by atoms with Crippen LogP contribution in [0.25, 0.3) is 0 Å². The zero-order valence-electron chi connectivity index (χ0n) is 17.8. The summed E-state index contributed by atoms with van der Waals surface area (Å²) in [5.74, 6) is -0.379. The maximum atomic E-state index is 12.3. The van der Waals surface area contributed by atoms with E-state index in [-0.39, 0.29) is 23.8 Å². The van der Waals surface area contributed by atoms with Gasteiger partial charge in [0.2, 0.25) is 0 Å². The molecule has 7 nitrogen and oxygen atoms in total. The van der Waals surface area contributed by atoms with Crippen LogP contribution in [0, 0.1) is 11.8 Å². The molecule has 0 aromatic heterocycles. The normalized spacial score (nSPS) is 17.9. The molecule has 0 spiro atoms. The Morgan fingerprint density at radius 2 is 1.42 bits per heavy atom. The fourth-order valence-electron chi connectivity index (χ4n) is 3.44. The van der Waals surface area contributed by atoms with Crippen LogP contribution in [0.5, 0.6) is 11.5 Å². The van der Waals surface area contributed by atoms with Crippen molar-refractivity contribution in [1.82, 2.24) is 0 Å². The average Bonchev–Trinajstić information content (AvgIpc) is 2.81. The molecule has 1 aliphatic rings. The number of hydrogen-bond donors (Lipinski definition) is 0. The summed E-state index contributed by atoms with van der Waals surface area (Å²) in [5.41, 5.74) is 0. The van der Waals surface area contributed by atoms with Crippen LogP contribution >= 0.6 is 0 Å². The van der Waals surface area contributed by atoms with Crippen LogP contribution in [0.2, 0.25) is 0 Å². The van der Waals surface area contributed by atoms with Crippen molar-refractivity contribution in [3.05, 3.63) is 36.9 Å². The van der Waals surface area contributed by atoms with Crippen molar-refractivity contribution in [2.24, 2.45) is 11.8 Å². The highest BCUT2D eigenvalue weighted by Crippen LogP contribution is 2.31. The van der Waals surface area contributed by atoms with Crippen molar-refractivity contribution in [2.45, 2.75) is 51.4 Å². The molecule has 0 unspecified atom stereocenters. The van der Waals surface area contributed by atoms with Crippen molar-refractivity contribution < 1.29 is 33.2 Å². The molecule has 0 aliphatic heterocycles. The third-order valence-electron chi connectivity index (χ3n) is 5.27. The molecule has 1 aromatic carbocycles. The Bertz CT molecular complexity index is 724. The van der Waals surface area contributed by atoms with Gasteiger partial charge in [-0.3, -0.25) is 9.59 Å². The van der Waals surface area contributed by atoms with Gasteiger partial charge in [0.1, 0.15) is 11.5 Å². The number of hydrogen-bond acceptors (Lipinski definition) is 7. The molecular formula is C23H29BO7. The molecule has 0 heterocycles. The van der Waals surface area contributed by atoms with Crippen LogP contribution < -0.4 is 9.47 Å². The standard InChI is InChI=1S/C23H29BO7/c1-2-21(25)29-16-6-4-3-5-15-28-19-11-13-20(14-12-19)30-22(26)17-7-9-18(10-8-17)23(27)31-24/h2,11-14,17-18H,1,3-10,15-16H2. The molecule has 0 saturated heterocycles. The topological polar surface area (TPSA) is 88.1 Å². The fraction of sp³-hybridized carbons (Fsp3) is 0.522. The van der Waals surface area contributed by atoms with Crippen molar-refractivity contribution >= 4 is 26.0 Å². The Hall–Kier alpha value is -2.77. The summed E-state index contributed by atoms with van der Waals surface area (Å²) in [7, 11) is 4.92. The number of ether oxygens (including phenoxy) is 3. The van der Waals surface area contributed by atoms with E-state index in [0.29, 0.717) is 50.4 Å². The summed E-state index contributed by atoms with van der Waals surface area (Å²) in [4.78, 5) is 34.7. The van der Waals surface area contributed by atoms with Gasteiger partial charge in [0.15, 0.2) is 0 Å². The van der Waals surface area contributed by atoms with E-state index in [2.05, 4.69) is 11.2 Å². The summed E-state index contributed by atoms with van der Waals surface area (Å²) in [5, 5.41) is 0. The predicted molar refractivity (Wildman–Crippen MR) is 114 cm³/mol. The number of unbranched alkanes of at least 4 members (excludes halogenated alkanes) is 3. The number of esters is 2. The fourth-order valence-corrected chi connectivity index (χ4v) is 3.44. The second-order valence-electron chi connectivity index (χ2n) is 7.51. The van der Waals surface area contributed by atoms with Gasteiger partial charge in [-0.15, -0.1) is 0 Å². The molecule has 0 amide bonds. The van der Waals surface area contributed by atoms with Gasteiger partial charge in [-0.05, 0) is 75.6 Å². The maximum absolute atomic E-state index is 12.3. The Morgan fingerprint density at radius 1 is 0.871 bits per heavy atom. The summed E-state index contributed by atoms with van der Waals surface area (Å²) < 4.78 is 20.3. The minimum absolute atomic E-state index is 0.224. The summed E-state index contributed by atoms with van der Waals surface area (Å²) in [6, 6.07) is 6.95. The summed E-state index contributed by atoms with van der Waals surface area (Å²) >= 11 is 0. The lowest BCUT2D eigenvalue weighted by atomic mass is 9.82. The molecule has 0 N–H and O–H groups in total. The largest absolute Gasteiger partial charge is 0.543 e. The Balaban J connectivity index is 1.60. The zero-order chi connectivity index (χ0) is 22.5. The third-order valence-corrected chi connectivity index (χ3v) is 5.27. The quantitative estimate of drug-likeness (QED) is 0.165. The van der Waals surface area contributed by atoms with E-state index in [0.717, 1.165) is 31.8 Å². The molecule has 1 fully saturated rings. The van der Waals surface area contributed by atoms with Crippen LogP contribution in [0.3, 0.4) is 0 Å². The first-order valence-electron chi connectivity index (χ1n) is 10.7. The molecule has 2 rings (SSSR count). The van der Waals surface area contributed by atoms with Gasteiger partial charge in [0.05, 0.1) is 25.0 Å². The van der Waals surface area contributed by atoms with Gasteiger partial charge in [-0.1, -0.05) is 6.58 Å². The molecule has 31 heavy (non-hydrogen) atoms. The van der Waals surface area contributed by atoms with Crippen molar-refractivity contribution in [3.63, 3.8) is 0 Å². The van der Waals surface area contributed by atoms with Gasteiger partial charge < -0.3 is 18.9 Å². The highest BCUT2D eigenvalue weighted by Gasteiger charge is 2.31. The van der Waals surface area contributed by atoms with E-state index >= 15 is 0 Å². The Labute approximate surface area is 184 Å². The van der Waals surface area contributed by atoms with E-state index < -0.39 is 5.97 Å². The Morgan fingerprint density at radius 3 is 2.00 bits per heavy atom. The zero-order valence-corrected chi connectivity index (χ0v) is 17.8. The predicted octanol–water partition coefficient (Wildman–Crippen LogP) is 3.69. The second kappa shape index (κ2) is 13.5. The number of rotatable bonds is 12. The molecule has 0 atom stereocenters. The lowest BCUT2D eigenvalue weighted by Gasteiger charge is -2.25. The minimum atomic E-state index is -0.420. The second-order valence-corrected chi connectivity index (χ2v) is 7.51. The molecule has 0 bridgehead atoms. The van der Waals surface area contributed by atoms with E-state index in [1.54, 1.807) is 24.3 Å². The third kappa shape index (κ3) is 8.86. The van der Waals surface area contributed by atoms with Crippen LogP contribution in [0.4, 0.5) is 0 Å². The number of carbonyl (C=O) groups is 3. The first kappa shape index (κ1) is 24.5. The van der Waals surface area contributed by atoms with Gasteiger partial charge in [0.25, 0.3) is 5.97 Å². The van der Waals surface area contributed by atoms with Crippen LogP contribution in [0.1, 0.15) is 51.4 Å². The first-order chi connectivity index (χ1) is 15.0. The lowest BCUT2D eigenvalue weighted by Crippen LogP contribution is -2.29. The first-order valence-corrected chi connectivity index (χ1v) is 10.7. The number of carbonyl (C=O) groups excluding carboxylic acids is 3. The van der Waals surface area contributed by atoms with Crippen LogP contribution in [0.15, 0.2) is 36.9 Å². The average molecular weight is 428 g/mol. The molecule has 2 radical (unpaired) electrons. The minimum Gasteiger partial charge on any atom is -0.543 e. The van der Waals surface area contributed by atoms with Gasteiger partial charge in [0, 0.05) is 6.08 Å². The van der Waals surface area contributed by atoms with Gasteiger partial charge in [-0.2, -0.15) is 0 Å². The van der Waals surface area contributed by atoms with Crippen molar-refractivity contribution in [1.29, 1.82) is 0 Å². The van der Waals surface area contributed by atoms with Gasteiger partial charge in [-0.25, -0.2) is 4.79 Å². The van der Waals surface area contributed by atoms with Crippen molar-refractivity contribution in [3.8, 4) is 11.5 Å². The highest BCUT2D eigenvalue weighted by molar-refractivity contribution is 6.05. The molecule has 1 aliphatic carbocycles. The number of benzene rings is 1. The monoisotopic (exact) mass is 428 g/mol. The molecular weight excluding hydrogens is 399 g/mol.